The molecule has 0 saturated carbocycles. The Labute approximate surface area is 128 Å². The van der Waals surface area contributed by atoms with Gasteiger partial charge in [0.2, 0.25) is 5.91 Å². The van der Waals surface area contributed by atoms with Crippen LogP contribution >= 0.6 is 23.2 Å². The maximum absolute atomic E-state index is 13.5. The maximum atomic E-state index is 13.5. The summed E-state index contributed by atoms with van der Waals surface area (Å²) >= 11 is 11.9. The normalized spacial score (nSPS) is 15.6. The van der Waals surface area contributed by atoms with E-state index in [1.54, 1.807) is 6.92 Å². The lowest BCUT2D eigenvalue weighted by atomic mass is 9.98. The van der Waals surface area contributed by atoms with E-state index in [9.17, 15) is 9.18 Å². The summed E-state index contributed by atoms with van der Waals surface area (Å²) in [6.45, 7) is 5.55. The molecule has 3 unspecified atom stereocenters. The molecular formula is C14H19Cl2FN2O. The smallest absolute Gasteiger partial charge is 0.237 e. The van der Waals surface area contributed by atoms with Crippen molar-refractivity contribution in [2.45, 2.75) is 39.3 Å². The molecule has 0 aliphatic heterocycles. The molecule has 0 bridgehead atoms. The van der Waals surface area contributed by atoms with Gasteiger partial charge in [0.1, 0.15) is 5.82 Å². The van der Waals surface area contributed by atoms with Gasteiger partial charge in [-0.25, -0.2) is 4.39 Å². The molecule has 112 valence electrons. The van der Waals surface area contributed by atoms with Crippen LogP contribution in [0.2, 0.25) is 10.0 Å². The van der Waals surface area contributed by atoms with Gasteiger partial charge >= 0.3 is 0 Å². The van der Waals surface area contributed by atoms with Gasteiger partial charge in [-0.15, -0.1) is 0 Å². The first-order valence-corrected chi connectivity index (χ1v) is 7.24. The van der Waals surface area contributed by atoms with Crippen molar-refractivity contribution in [3.05, 3.63) is 33.6 Å². The zero-order valence-electron chi connectivity index (χ0n) is 11.7. The standard InChI is InChI=1S/C14H19Cl2FN2O/c1-4-7(2)13(18)14(20)19-8(3)11-9(15)5-6-10(17)12(11)16/h5-8,13H,4,18H2,1-3H3,(H,19,20). The molecule has 6 heteroatoms. The SMILES string of the molecule is CCC(C)C(N)C(=O)NC(C)c1c(Cl)ccc(F)c1Cl. The molecular weight excluding hydrogens is 302 g/mol. The third-order valence-corrected chi connectivity index (χ3v) is 4.14. The molecule has 0 spiro atoms. The number of hydrogen-bond donors (Lipinski definition) is 2. The highest BCUT2D eigenvalue weighted by Crippen LogP contribution is 2.32. The number of halogens is 3. The first-order chi connectivity index (χ1) is 9.29. The van der Waals surface area contributed by atoms with Crippen molar-refractivity contribution in [1.82, 2.24) is 5.32 Å². The molecule has 1 aromatic carbocycles. The van der Waals surface area contributed by atoms with E-state index in [2.05, 4.69) is 5.32 Å². The van der Waals surface area contributed by atoms with E-state index in [1.807, 2.05) is 13.8 Å². The summed E-state index contributed by atoms with van der Waals surface area (Å²) in [5.74, 6) is -0.817. The predicted molar refractivity (Wildman–Crippen MR) is 80.4 cm³/mol. The third-order valence-electron chi connectivity index (χ3n) is 3.43. The average Bonchev–Trinajstić information content (AvgIpc) is 2.41. The van der Waals surface area contributed by atoms with Crippen LogP contribution in [0.5, 0.6) is 0 Å². The number of carbonyl (C=O) groups is 1. The lowest BCUT2D eigenvalue weighted by molar-refractivity contribution is -0.124. The fourth-order valence-electron chi connectivity index (χ4n) is 1.83. The number of amides is 1. The molecule has 3 atom stereocenters. The van der Waals surface area contributed by atoms with Gasteiger partial charge in [-0.05, 0) is 25.0 Å². The minimum absolute atomic E-state index is 0.0562. The lowest BCUT2D eigenvalue weighted by Crippen LogP contribution is -2.45. The number of hydrogen-bond acceptors (Lipinski definition) is 2. The minimum Gasteiger partial charge on any atom is -0.348 e. The molecule has 0 radical (unpaired) electrons. The highest BCUT2D eigenvalue weighted by Gasteiger charge is 2.24. The van der Waals surface area contributed by atoms with E-state index in [4.69, 9.17) is 28.9 Å². The third kappa shape index (κ3) is 3.84. The number of nitrogens with one attached hydrogen (secondary N) is 1. The molecule has 1 amide bonds. The number of nitrogens with two attached hydrogens (primary N) is 1. The molecule has 0 saturated heterocycles. The quantitative estimate of drug-likeness (QED) is 0.813. The first kappa shape index (κ1) is 17.2. The molecule has 0 aromatic heterocycles. The monoisotopic (exact) mass is 320 g/mol. The molecule has 1 aromatic rings. The van der Waals surface area contributed by atoms with E-state index in [0.29, 0.717) is 10.6 Å². The predicted octanol–water partition coefficient (Wildman–Crippen LogP) is 3.68. The van der Waals surface area contributed by atoms with Crippen LogP contribution in [-0.2, 0) is 4.79 Å². The second-order valence-corrected chi connectivity index (χ2v) is 5.68. The van der Waals surface area contributed by atoms with Gasteiger partial charge in [-0.2, -0.15) is 0 Å². The summed E-state index contributed by atoms with van der Waals surface area (Å²) in [6, 6.07) is 1.46. The molecule has 3 N–H and O–H groups in total. The van der Waals surface area contributed by atoms with Gasteiger partial charge in [0, 0.05) is 10.6 Å². The lowest BCUT2D eigenvalue weighted by Gasteiger charge is -2.22. The maximum Gasteiger partial charge on any atom is 0.237 e. The van der Waals surface area contributed by atoms with Gasteiger partial charge in [-0.1, -0.05) is 43.5 Å². The minimum atomic E-state index is -0.617. The van der Waals surface area contributed by atoms with Crippen molar-refractivity contribution in [3.8, 4) is 0 Å². The van der Waals surface area contributed by atoms with E-state index in [0.717, 1.165) is 6.42 Å². The molecule has 3 nitrogen and oxygen atoms in total. The molecule has 0 aliphatic carbocycles. The summed E-state index contributed by atoms with van der Waals surface area (Å²) in [6.07, 6.45) is 0.796. The Kier molecular flexibility index (Phi) is 6.24. The summed E-state index contributed by atoms with van der Waals surface area (Å²) in [5.41, 5.74) is 6.21. The number of carbonyl (C=O) groups excluding carboxylic acids is 1. The highest BCUT2D eigenvalue weighted by atomic mass is 35.5. The van der Waals surface area contributed by atoms with Crippen molar-refractivity contribution in [3.63, 3.8) is 0 Å². The van der Waals surface area contributed by atoms with Crippen LogP contribution in [0, 0.1) is 11.7 Å². The highest BCUT2D eigenvalue weighted by molar-refractivity contribution is 6.36. The Bertz CT molecular complexity index is 496. The Morgan fingerprint density at radius 1 is 1.40 bits per heavy atom. The molecule has 0 aliphatic rings. The average molecular weight is 321 g/mol. The zero-order valence-corrected chi connectivity index (χ0v) is 13.2. The van der Waals surface area contributed by atoms with Gasteiger partial charge < -0.3 is 11.1 Å². The van der Waals surface area contributed by atoms with Crippen molar-refractivity contribution in [2.24, 2.45) is 11.7 Å². The molecule has 1 rings (SSSR count). The largest absolute Gasteiger partial charge is 0.348 e. The second kappa shape index (κ2) is 7.25. The van der Waals surface area contributed by atoms with Gasteiger partial charge in [0.05, 0.1) is 17.1 Å². The Hall–Kier alpha value is -0.840. The fraction of sp³-hybridized carbons (Fsp3) is 0.500. The zero-order chi connectivity index (χ0) is 15.4. The van der Waals surface area contributed by atoms with Gasteiger partial charge in [0.25, 0.3) is 0 Å². The van der Waals surface area contributed by atoms with E-state index < -0.39 is 17.9 Å². The van der Waals surface area contributed by atoms with Crippen LogP contribution in [0.4, 0.5) is 4.39 Å². The fourth-order valence-corrected chi connectivity index (χ4v) is 2.53. The topological polar surface area (TPSA) is 55.1 Å². The van der Waals surface area contributed by atoms with Crippen molar-refractivity contribution < 1.29 is 9.18 Å². The molecule has 0 heterocycles. The van der Waals surface area contributed by atoms with Crippen LogP contribution in [0.15, 0.2) is 12.1 Å². The number of benzene rings is 1. The summed E-state index contributed by atoms with van der Waals surface area (Å²) in [4.78, 5) is 12.0. The second-order valence-electron chi connectivity index (χ2n) is 4.90. The van der Waals surface area contributed by atoms with Crippen LogP contribution < -0.4 is 11.1 Å². The summed E-state index contributed by atoms with van der Waals surface area (Å²) in [5, 5.41) is 2.95. The Morgan fingerprint density at radius 2 is 2.00 bits per heavy atom. The van der Waals surface area contributed by atoms with Crippen molar-refractivity contribution >= 4 is 29.1 Å². The van der Waals surface area contributed by atoms with Gasteiger partial charge in [0.15, 0.2) is 0 Å². The summed E-state index contributed by atoms with van der Waals surface area (Å²) in [7, 11) is 0. The number of rotatable bonds is 5. The van der Waals surface area contributed by atoms with Crippen molar-refractivity contribution in [1.29, 1.82) is 0 Å². The van der Waals surface area contributed by atoms with E-state index in [-0.39, 0.29) is 16.8 Å². The summed E-state index contributed by atoms with van der Waals surface area (Å²) < 4.78 is 13.5. The van der Waals surface area contributed by atoms with Crippen LogP contribution in [0.1, 0.15) is 38.8 Å². The Morgan fingerprint density at radius 3 is 2.55 bits per heavy atom. The molecule has 0 fully saturated rings. The van der Waals surface area contributed by atoms with Crippen LogP contribution in [0.3, 0.4) is 0 Å². The van der Waals surface area contributed by atoms with Gasteiger partial charge in [-0.3, -0.25) is 4.79 Å². The van der Waals surface area contributed by atoms with Crippen LogP contribution in [-0.4, -0.2) is 11.9 Å². The van der Waals surface area contributed by atoms with Crippen LogP contribution in [0.25, 0.3) is 0 Å². The Balaban J connectivity index is 2.90. The molecule has 20 heavy (non-hydrogen) atoms. The van der Waals surface area contributed by atoms with Crippen molar-refractivity contribution in [2.75, 3.05) is 0 Å². The first-order valence-electron chi connectivity index (χ1n) is 6.48. The van der Waals surface area contributed by atoms with E-state index in [1.165, 1.54) is 12.1 Å². The van der Waals surface area contributed by atoms with E-state index >= 15 is 0 Å².